The number of benzene rings is 16. The molecule has 1 saturated heterocycles. The van der Waals surface area contributed by atoms with E-state index in [1.54, 1.807) is 74.2 Å². The van der Waals surface area contributed by atoms with Gasteiger partial charge in [-0.15, -0.1) is 0 Å². The standard InChI is InChI=1S/C85H48N2O12.ClH/c1-90-7-9-94-13-15-96-17-19-98-79(88)85(80(89)99-20-18-97-16-14-95-10-8-91-2)83-75-62-48-33-24-23-27-26-30-37-45-35(27)43-31(23)32-25-28(24)38(48)50-40-29(25)36-44(32)56-55(43)71-57(45)58-46(37)42-52-39(30)49(34(26)33)63(62)76(83)66(52)67-54(42)61-69-70-68-53-41(51(40)65(64(50)75)77(68)84(83,85)78(67)70)47(36)59-60(53)74(69)82(73(58)61)22-87(21-81(71,82)72(56)59)4-6-93-12-11-92-5-3-86;/h3-22,86H2,1-2H3;1H. The number of nitrogens with zero attached hydrogens (tertiary/aromatic N) is 1. The minimum atomic E-state index is -1.91. The number of hydrogen-bond acceptors (Lipinski definition) is 13. The summed E-state index contributed by atoms with van der Waals surface area (Å²) in [5.74, 6) is -1.02. The summed E-state index contributed by atoms with van der Waals surface area (Å²) >= 11 is 0. The fourth-order valence-electron chi connectivity index (χ4n) is 29.9. The zero-order valence-corrected chi connectivity index (χ0v) is 54.8. The van der Waals surface area contributed by atoms with Crippen LogP contribution in [0.1, 0.15) is 44.5 Å². The van der Waals surface area contributed by atoms with Gasteiger partial charge < -0.3 is 65.5 Å². The van der Waals surface area contributed by atoms with Gasteiger partial charge in [0.05, 0.1) is 121 Å². The summed E-state index contributed by atoms with van der Waals surface area (Å²) in [6.07, 6.45) is 0. The SMILES string of the molecule is COCCOCCOCCOC(=O)C1(C(=O)OCCOCCOCCOC)C23c4c5c6c7c8c9c%10c%11c%12c%13c%14c%15c(c6c6c4c4c%16c%17c%18c(c%19c%20c2c5c8c2c%20c5c%19c8c%18c%18c%19c%17c%17c4c6c%15c4c%14c6c%12c%12c%14c%11c(c92)c5c%14c8c%18c%12c6c%19c4%17)C%1613)C71CN(CCOCCOCC[NH3+])CC%10%131.[Cl-]. The van der Waals surface area contributed by atoms with Gasteiger partial charge >= 0.3 is 11.9 Å². The van der Waals surface area contributed by atoms with Gasteiger partial charge in [-0.3, -0.25) is 14.5 Å². The summed E-state index contributed by atoms with van der Waals surface area (Å²) in [5, 5.41) is 69.4. The van der Waals surface area contributed by atoms with E-state index in [-0.39, 0.29) is 38.8 Å². The Kier molecular flexibility index (Phi) is 6.95. The molecule has 1 saturated carbocycles. The lowest BCUT2D eigenvalue weighted by atomic mass is 9.50. The Hall–Kier alpha value is -8.45. The topological polar surface area (TPSA) is 157 Å². The highest BCUT2D eigenvalue weighted by molar-refractivity contribution is 6.78. The van der Waals surface area contributed by atoms with Gasteiger partial charge in [0, 0.05) is 33.9 Å². The number of carbonyl (C=O) groups is 2. The fourth-order valence-corrected chi connectivity index (χ4v) is 29.9. The maximum atomic E-state index is 17.8. The van der Waals surface area contributed by atoms with Gasteiger partial charge in [0.15, 0.2) is 5.41 Å². The average molecular weight is 1330 g/mol. The quantitative estimate of drug-likeness (QED) is 0.0214. The molecule has 0 aromatic heterocycles. The van der Waals surface area contributed by atoms with Gasteiger partial charge in [-0.05, 0) is 303 Å². The first-order valence-corrected chi connectivity index (χ1v) is 36.4. The molecule has 34 rings (SSSR count). The number of carbonyl (C=O) groups excluding carboxylic acids is 2. The molecule has 10 aliphatic rings. The summed E-state index contributed by atoms with van der Waals surface area (Å²) in [5.41, 5.74) is 9.95. The number of methoxy groups -OCH3 is 2. The lowest BCUT2D eigenvalue weighted by Gasteiger charge is -2.49. The molecule has 4 atom stereocenters. The molecule has 4 spiro atoms. The Bertz CT molecular complexity index is 8020. The smallest absolute Gasteiger partial charge is 0.326 e. The van der Waals surface area contributed by atoms with E-state index in [1.165, 1.54) is 243 Å². The first-order valence-electron chi connectivity index (χ1n) is 36.4. The first-order chi connectivity index (χ1) is 49.1. The average Bonchev–Trinajstić information content (AvgIpc) is 1.35. The maximum absolute atomic E-state index is 17.8. The van der Waals surface area contributed by atoms with E-state index in [1.807, 2.05) is 0 Å². The molecule has 1 aliphatic heterocycles. The molecule has 4 unspecified atom stereocenters. The zero-order valence-electron chi connectivity index (χ0n) is 54.1. The second-order valence-corrected chi connectivity index (χ2v) is 32.6. The van der Waals surface area contributed by atoms with Crippen LogP contribution in [-0.4, -0.2) is 163 Å². The number of quaternary nitrogens is 1. The van der Waals surface area contributed by atoms with Gasteiger partial charge in [-0.25, -0.2) is 0 Å². The van der Waals surface area contributed by atoms with Crippen molar-refractivity contribution in [3.63, 3.8) is 0 Å². The largest absolute Gasteiger partial charge is 1.00 e. The molecule has 14 nitrogen and oxygen atoms in total. The molecule has 3 N–H and O–H groups in total. The molecule has 15 heteroatoms. The molecule has 24 aromatic rings. The molecule has 0 bridgehead atoms. The predicted molar refractivity (Wildman–Crippen MR) is 384 cm³/mol. The van der Waals surface area contributed by atoms with Gasteiger partial charge in [0.2, 0.25) is 0 Å². The Balaban J connectivity index is 0.00000520. The van der Waals surface area contributed by atoms with Gasteiger partial charge in [0.25, 0.3) is 0 Å². The summed E-state index contributed by atoms with van der Waals surface area (Å²) < 4.78 is 61.6. The van der Waals surface area contributed by atoms with Crippen LogP contribution in [0.5, 0.6) is 0 Å². The van der Waals surface area contributed by atoms with Crippen LogP contribution in [0.4, 0.5) is 0 Å². The molecule has 24 aromatic carbocycles. The third-order valence-electron chi connectivity index (χ3n) is 30.8. The Morgan fingerprint density at radius 3 is 0.750 bits per heavy atom. The Morgan fingerprint density at radius 1 is 0.280 bits per heavy atom. The van der Waals surface area contributed by atoms with Crippen molar-refractivity contribution in [2.75, 3.05) is 146 Å². The minimum Gasteiger partial charge on any atom is -1.00 e. The van der Waals surface area contributed by atoms with Crippen molar-refractivity contribution in [3.8, 4) is 0 Å². The van der Waals surface area contributed by atoms with Crippen LogP contribution in [0, 0.1) is 5.41 Å². The molecular weight excluding hydrogens is 1280 g/mol. The first kappa shape index (κ1) is 50.0. The molecule has 2 fully saturated rings. The summed E-state index contributed by atoms with van der Waals surface area (Å²) in [6.45, 7) is 9.20. The zero-order chi connectivity index (χ0) is 62.8. The van der Waals surface area contributed by atoms with Crippen molar-refractivity contribution in [1.82, 2.24) is 4.90 Å². The second-order valence-electron chi connectivity index (χ2n) is 32.6. The van der Waals surface area contributed by atoms with Crippen LogP contribution >= 0.6 is 0 Å². The number of halogens is 1. The molecule has 9 aliphatic carbocycles. The molecule has 0 radical (unpaired) electrons. The number of ether oxygens (including phenoxy) is 10. The number of rotatable bonds is 28. The third-order valence-corrected chi connectivity index (χ3v) is 30.8. The van der Waals surface area contributed by atoms with E-state index >= 15 is 9.59 Å². The monoisotopic (exact) mass is 1320 g/mol. The lowest BCUT2D eigenvalue weighted by Crippen LogP contribution is -3.00. The summed E-state index contributed by atoms with van der Waals surface area (Å²) in [7, 11) is 3.34. The van der Waals surface area contributed by atoms with E-state index < -0.39 is 39.0 Å². The van der Waals surface area contributed by atoms with Crippen molar-refractivity contribution >= 4 is 270 Å². The lowest BCUT2D eigenvalue weighted by molar-refractivity contribution is -0.374. The third kappa shape index (κ3) is 3.52. The van der Waals surface area contributed by atoms with Gasteiger partial charge in [-0.1, -0.05) is 0 Å². The van der Waals surface area contributed by atoms with Crippen molar-refractivity contribution in [1.29, 1.82) is 0 Å². The molecular formula is C85H49ClN2O12. The molecule has 100 heavy (non-hydrogen) atoms. The van der Waals surface area contributed by atoms with Crippen LogP contribution in [0.2, 0.25) is 0 Å². The van der Waals surface area contributed by atoms with E-state index in [4.69, 9.17) is 47.4 Å². The van der Waals surface area contributed by atoms with Gasteiger partial charge in [-0.2, -0.15) is 0 Å². The molecule has 478 valence electrons. The van der Waals surface area contributed by atoms with Crippen molar-refractivity contribution in [3.05, 3.63) is 44.5 Å². The van der Waals surface area contributed by atoms with Crippen LogP contribution in [-0.2, 0) is 78.6 Å². The summed E-state index contributed by atoms with van der Waals surface area (Å²) in [6, 6.07) is 0. The maximum Gasteiger partial charge on any atom is 0.326 e. The van der Waals surface area contributed by atoms with E-state index in [2.05, 4.69) is 10.6 Å². The van der Waals surface area contributed by atoms with Crippen LogP contribution in [0.3, 0.4) is 0 Å². The second kappa shape index (κ2) is 13.9. The minimum absolute atomic E-state index is 0. The Labute approximate surface area is 565 Å². The van der Waals surface area contributed by atoms with Crippen molar-refractivity contribution < 1.29 is 75.1 Å². The highest BCUT2D eigenvalue weighted by atomic mass is 35.5. The van der Waals surface area contributed by atoms with Crippen molar-refractivity contribution in [2.45, 2.75) is 21.7 Å². The molecule has 0 amide bonds. The number of likely N-dealkylation sites (tertiary alicyclic amines) is 1. The highest BCUT2D eigenvalue weighted by Gasteiger charge is 3.01. The van der Waals surface area contributed by atoms with Crippen LogP contribution in [0.15, 0.2) is 0 Å². The fraction of sp³-hybridized carbons (Fsp3) is 0.318. The van der Waals surface area contributed by atoms with E-state index in [0.29, 0.717) is 79.3 Å². The van der Waals surface area contributed by atoms with Gasteiger partial charge in [0.1, 0.15) is 13.2 Å². The normalized spacial score (nSPS) is 23.5. The number of hydrogen-bond donors (Lipinski definition) is 1. The highest BCUT2D eigenvalue weighted by Crippen LogP contribution is 2.97. The van der Waals surface area contributed by atoms with Crippen LogP contribution < -0.4 is 18.1 Å². The Morgan fingerprint density at radius 2 is 0.480 bits per heavy atom. The number of esters is 2. The molecule has 1 heterocycles. The predicted octanol–water partition coefficient (Wildman–Crippen LogP) is 9.90. The van der Waals surface area contributed by atoms with Crippen molar-refractivity contribution in [2.24, 2.45) is 5.41 Å². The van der Waals surface area contributed by atoms with E-state index in [0.717, 1.165) is 26.2 Å². The summed E-state index contributed by atoms with van der Waals surface area (Å²) in [4.78, 5) is 38.4. The van der Waals surface area contributed by atoms with Crippen LogP contribution in [0.25, 0.3) is 259 Å². The van der Waals surface area contributed by atoms with E-state index in [9.17, 15) is 0 Å².